The predicted octanol–water partition coefficient (Wildman–Crippen LogP) is 3.74. The van der Waals surface area contributed by atoms with Gasteiger partial charge in [0.15, 0.2) is 0 Å². The molecule has 4 heteroatoms. The molecule has 2 aromatic rings. The number of nitrogens with two attached hydrogens (primary N) is 1. The molecule has 0 bridgehead atoms. The van der Waals surface area contributed by atoms with Gasteiger partial charge in [0.05, 0.1) is 11.0 Å². The van der Waals surface area contributed by atoms with Crippen molar-refractivity contribution < 1.29 is 0 Å². The second-order valence-corrected chi connectivity index (χ2v) is 5.96. The van der Waals surface area contributed by atoms with Crippen molar-refractivity contribution >= 4 is 32.9 Å². The molecule has 1 aliphatic rings. The summed E-state index contributed by atoms with van der Waals surface area (Å²) < 4.78 is 3.26. The topological polar surface area (TPSA) is 43.8 Å². The van der Waals surface area contributed by atoms with E-state index < -0.39 is 0 Å². The highest BCUT2D eigenvalue weighted by molar-refractivity contribution is 9.10. The molecule has 0 spiro atoms. The molecule has 3 nitrogen and oxygen atoms in total. The molecule has 1 aliphatic carbocycles. The van der Waals surface area contributed by atoms with Gasteiger partial charge < -0.3 is 10.3 Å². The predicted molar refractivity (Wildman–Crippen MR) is 73.9 cm³/mol. The van der Waals surface area contributed by atoms with Gasteiger partial charge in [0.1, 0.15) is 0 Å². The zero-order valence-electron chi connectivity index (χ0n) is 9.86. The molecule has 0 saturated heterocycles. The van der Waals surface area contributed by atoms with Crippen molar-refractivity contribution in [1.29, 1.82) is 0 Å². The number of imidazole rings is 1. The lowest BCUT2D eigenvalue weighted by molar-refractivity contribution is 0.510. The Morgan fingerprint density at radius 2 is 2.24 bits per heavy atom. The van der Waals surface area contributed by atoms with Crippen LogP contribution in [-0.2, 0) is 0 Å². The highest BCUT2D eigenvalue weighted by Crippen LogP contribution is 2.38. The molecule has 0 radical (unpaired) electrons. The average molecular weight is 294 g/mol. The monoisotopic (exact) mass is 293 g/mol. The van der Waals surface area contributed by atoms with Gasteiger partial charge in [-0.05, 0) is 43.4 Å². The van der Waals surface area contributed by atoms with Crippen molar-refractivity contribution in [2.45, 2.75) is 32.2 Å². The van der Waals surface area contributed by atoms with Crippen LogP contribution in [0.25, 0.3) is 11.0 Å². The van der Waals surface area contributed by atoms with Crippen LogP contribution >= 0.6 is 15.9 Å². The number of halogens is 1. The van der Waals surface area contributed by atoms with Crippen LogP contribution < -0.4 is 5.73 Å². The second kappa shape index (κ2) is 4.02. The summed E-state index contributed by atoms with van der Waals surface area (Å²) in [5.74, 6) is 1.45. The zero-order chi connectivity index (χ0) is 12.0. The Kier molecular flexibility index (Phi) is 2.62. The minimum absolute atomic E-state index is 0.524. The summed E-state index contributed by atoms with van der Waals surface area (Å²) in [7, 11) is 0. The third-order valence-corrected chi connectivity index (χ3v) is 4.20. The van der Waals surface area contributed by atoms with Gasteiger partial charge in [-0.15, -0.1) is 0 Å². The summed E-state index contributed by atoms with van der Waals surface area (Å²) >= 11 is 3.47. The van der Waals surface area contributed by atoms with E-state index in [1.54, 1.807) is 0 Å². The van der Waals surface area contributed by atoms with Crippen LogP contribution in [0.5, 0.6) is 0 Å². The maximum absolute atomic E-state index is 6.07. The lowest BCUT2D eigenvalue weighted by atomic mass is 10.1. The van der Waals surface area contributed by atoms with Gasteiger partial charge in [0, 0.05) is 10.5 Å². The van der Waals surface area contributed by atoms with Gasteiger partial charge in [0.2, 0.25) is 5.95 Å². The normalized spacial score (nSPS) is 24.6. The number of hydrogen-bond donors (Lipinski definition) is 1. The first-order chi connectivity index (χ1) is 8.15. The first-order valence-electron chi connectivity index (χ1n) is 6.08. The fourth-order valence-electron chi connectivity index (χ4n) is 2.89. The Labute approximate surface area is 109 Å². The van der Waals surface area contributed by atoms with E-state index >= 15 is 0 Å². The van der Waals surface area contributed by atoms with Gasteiger partial charge in [-0.2, -0.15) is 0 Å². The lowest BCUT2D eigenvalue weighted by Gasteiger charge is -2.14. The largest absolute Gasteiger partial charge is 0.369 e. The van der Waals surface area contributed by atoms with Crippen LogP contribution in [-0.4, -0.2) is 9.55 Å². The number of aromatic nitrogens is 2. The van der Waals surface area contributed by atoms with E-state index in [1.807, 2.05) is 6.07 Å². The first-order valence-corrected chi connectivity index (χ1v) is 6.87. The van der Waals surface area contributed by atoms with Gasteiger partial charge in [-0.1, -0.05) is 22.9 Å². The summed E-state index contributed by atoms with van der Waals surface area (Å²) in [5.41, 5.74) is 8.21. The van der Waals surface area contributed by atoms with Crippen molar-refractivity contribution in [3.05, 3.63) is 22.7 Å². The first kappa shape index (κ1) is 11.1. The Morgan fingerprint density at radius 1 is 1.41 bits per heavy atom. The Balaban J connectivity index is 2.12. The van der Waals surface area contributed by atoms with Gasteiger partial charge in [-0.25, -0.2) is 4.98 Å². The fourth-order valence-corrected chi connectivity index (χ4v) is 3.23. The quantitative estimate of drug-likeness (QED) is 0.870. The number of fused-ring (bicyclic) bond motifs is 1. The maximum atomic E-state index is 6.07. The van der Waals surface area contributed by atoms with Crippen LogP contribution in [0.4, 0.5) is 5.95 Å². The molecule has 2 N–H and O–H groups in total. The van der Waals surface area contributed by atoms with E-state index in [9.17, 15) is 0 Å². The van der Waals surface area contributed by atoms with E-state index in [0.717, 1.165) is 21.4 Å². The van der Waals surface area contributed by atoms with Crippen molar-refractivity contribution in [1.82, 2.24) is 9.55 Å². The molecule has 1 saturated carbocycles. The van der Waals surface area contributed by atoms with Crippen molar-refractivity contribution in [2.75, 3.05) is 5.73 Å². The number of anilines is 1. The molecule has 1 aromatic heterocycles. The molecule has 1 heterocycles. The van der Waals surface area contributed by atoms with Crippen LogP contribution in [0.15, 0.2) is 22.7 Å². The fraction of sp³-hybridized carbons (Fsp3) is 0.462. The summed E-state index contributed by atoms with van der Waals surface area (Å²) in [6, 6.07) is 6.71. The van der Waals surface area contributed by atoms with Crippen LogP contribution in [0.3, 0.4) is 0 Å². The smallest absolute Gasteiger partial charge is 0.201 e. The van der Waals surface area contributed by atoms with Crippen molar-refractivity contribution in [2.24, 2.45) is 5.92 Å². The van der Waals surface area contributed by atoms with E-state index in [4.69, 9.17) is 5.73 Å². The Bertz CT molecular complexity index is 561. The van der Waals surface area contributed by atoms with E-state index in [1.165, 1.54) is 19.3 Å². The molecule has 2 atom stereocenters. The zero-order valence-corrected chi connectivity index (χ0v) is 11.4. The highest BCUT2D eigenvalue weighted by atomic mass is 79.9. The molecule has 0 aliphatic heterocycles. The number of nitrogen functional groups attached to an aromatic ring is 1. The van der Waals surface area contributed by atoms with Crippen LogP contribution in [0.2, 0.25) is 0 Å². The molecular formula is C13H16BrN3. The molecule has 3 rings (SSSR count). The van der Waals surface area contributed by atoms with E-state index in [0.29, 0.717) is 12.0 Å². The van der Waals surface area contributed by atoms with Gasteiger partial charge >= 0.3 is 0 Å². The van der Waals surface area contributed by atoms with Crippen molar-refractivity contribution in [3.63, 3.8) is 0 Å². The molecule has 90 valence electrons. The summed E-state index contributed by atoms with van der Waals surface area (Å²) in [6.45, 7) is 2.31. The minimum Gasteiger partial charge on any atom is -0.369 e. The average Bonchev–Trinajstić information content (AvgIpc) is 2.80. The third-order valence-electron chi connectivity index (χ3n) is 3.71. The number of nitrogens with zero attached hydrogens (tertiary/aromatic N) is 2. The van der Waals surface area contributed by atoms with E-state index in [-0.39, 0.29) is 0 Å². The molecule has 2 unspecified atom stereocenters. The second-order valence-electron chi connectivity index (χ2n) is 5.05. The van der Waals surface area contributed by atoms with Crippen LogP contribution in [0, 0.1) is 5.92 Å². The maximum Gasteiger partial charge on any atom is 0.201 e. The number of hydrogen-bond acceptors (Lipinski definition) is 2. The van der Waals surface area contributed by atoms with Gasteiger partial charge in [0.25, 0.3) is 0 Å². The molecule has 1 fully saturated rings. The lowest BCUT2D eigenvalue weighted by Crippen LogP contribution is -2.08. The Morgan fingerprint density at radius 3 is 2.94 bits per heavy atom. The minimum atomic E-state index is 0.524. The Hall–Kier alpha value is -1.03. The standard InChI is InChI=1S/C13H16BrN3/c1-8-2-4-10(6-8)17-12-5-3-9(14)7-11(12)16-13(17)15/h3,5,7-8,10H,2,4,6H2,1H3,(H2,15,16). The molecule has 0 amide bonds. The van der Waals surface area contributed by atoms with E-state index in [2.05, 4.69) is 44.5 Å². The summed E-state index contributed by atoms with van der Waals surface area (Å²) in [6.07, 6.45) is 3.72. The van der Waals surface area contributed by atoms with Gasteiger partial charge in [-0.3, -0.25) is 0 Å². The summed E-state index contributed by atoms with van der Waals surface area (Å²) in [5, 5.41) is 0. The highest BCUT2D eigenvalue weighted by Gasteiger charge is 2.25. The third kappa shape index (κ3) is 1.84. The summed E-state index contributed by atoms with van der Waals surface area (Å²) in [4.78, 5) is 4.45. The molecule has 1 aromatic carbocycles. The van der Waals surface area contributed by atoms with Crippen molar-refractivity contribution in [3.8, 4) is 0 Å². The molecular weight excluding hydrogens is 278 g/mol. The number of rotatable bonds is 1. The number of benzene rings is 1. The molecule has 17 heavy (non-hydrogen) atoms. The SMILES string of the molecule is CC1CCC(n2c(N)nc3cc(Br)ccc32)C1. The van der Waals surface area contributed by atoms with Crippen LogP contribution in [0.1, 0.15) is 32.2 Å².